The lowest BCUT2D eigenvalue weighted by molar-refractivity contribution is -0.116. The molecule has 5 nitrogen and oxygen atoms in total. The number of hydrogen-bond acceptors (Lipinski definition) is 3. The van der Waals surface area contributed by atoms with E-state index in [1.165, 1.54) is 24.5 Å². The van der Waals surface area contributed by atoms with Crippen LogP contribution in [-0.2, 0) is 4.79 Å². The van der Waals surface area contributed by atoms with Crippen molar-refractivity contribution in [1.82, 2.24) is 14.5 Å². The summed E-state index contributed by atoms with van der Waals surface area (Å²) in [5, 5.41) is 2.73. The number of aromatic nitrogens is 3. The molecule has 3 heterocycles. The van der Waals surface area contributed by atoms with Gasteiger partial charge in [0.15, 0.2) is 0 Å². The molecule has 3 aromatic rings. The monoisotopic (exact) mass is 326 g/mol. The molecule has 0 fully saturated rings. The molecule has 2 aromatic heterocycles. The summed E-state index contributed by atoms with van der Waals surface area (Å²) in [6.45, 7) is 0. The second-order valence-electron chi connectivity index (χ2n) is 5.50. The summed E-state index contributed by atoms with van der Waals surface area (Å²) in [5.41, 5.74) is 0.994. The molecule has 1 aromatic carbocycles. The van der Waals surface area contributed by atoms with Crippen LogP contribution in [0.5, 0.6) is 0 Å². The van der Waals surface area contributed by atoms with Gasteiger partial charge in [-0.15, -0.1) is 0 Å². The zero-order valence-electron chi connectivity index (χ0n) is 12.4. The molecule has 0 aliphatic carbocycles. The lowest BCUT2D eigenvalue weighted by Crippen LogP contribution is -2.26. The van der Waals surface area contributed by atoms with Gasteiger partial charge in [0.1, 0.15) is 23.8 Å². The molecular weight excluding hydrogens is 314 g/mol. The van der Waals surface area contributed by atoms with E-state index in [1.54, 1.807) is 29.1 Å². The van der Waals surface area contributed by atoms with Crippen LogP contribution < -0.4 is 5.32 Å². The molecule has 0 spiro atoms. The van der Waals surface area contributed by atoms with Crippen LogP contribution in [0, 0.1) is 11.6 Å². The molecule has 4 rings (SSSR count). The van der Waals surface area contributed by atoms with Crippen LogP contribution in [0.1, 0.15) is 23.6 Å². The summed E-state index contributed by atoms with van der Waals surface area (Å²) in [4.78, 5) is 20.4. The summed E-state index contributed by atoms with van der Waals surface area (Å²) in [6.07, 6.45) is 4.69. The molecule has 1 aliphatic rings. The van der Waals surface area contributed by atoms with E-state index in [4.69, 9.17) is 0 Å². The van der Waals surface area contributed by atoms with E-state index in [2.05, 4.69) is 15.3 Å². The van der Waals surface area contributed by atoms with Crippen LogP contribution in [0.3, 0.4) is 0 Å². The van der Waals surface area contributed by atoms with Crippen molar-refractivity contribution in [3.05, 3.63) is 71.9 Å². The SMILES string of the molecule is O=C1CC(c2c(F)cccc2F)c2ncn(-c3cccnc3)c2N1. The average Bonchev–Trinajstić information content (AvgIpc) is 2.99. The van der Waals surface area contributed by atoms with Gasteiger partial charge < -0.3 is 5.32 Å². The van der Waals surface area contributed by atoms with E-state index in [9.17, 15) is 13.6 Å². The number of anilines is 1. The van der Waals surface area contributed by atoms with Gasteiger partial charge in [0, 0.05) is 24.1 Å². The molecule has 0 radical (unpaired) electrons. The van der Waals surface area contributed by atoms with Crippen molar-refractivity contribution in [1.29, 1.82) is 0 Å². The first-order valence-corrected chi connectivity index (χ1v) is 7.36. The fourth-order valence-electron chi connectivity index (χ4n) is 2.98. The van der Waals surface area contributed by atoms with Crippen LogP contribution in [0.25, 0.3) is 5.69 Å². The Balaban J connectivity index is 1.88. The Morgan fingerprint density at radius 1 is 1.17 bits per heavy atom. The minimum absolute atomic E-state index is 0.0606. The summed E-state index contributed by atoms with van der Waals surface area (Å²) in [7, 11) is 0. The number of nitrogens with zero attached hydrogens (tertiary/aromatic N) is 3. The summed E-state index contributed by atoms with van der Waals surface area (Å²) in [5.74, 6) is -2.05. The highest BCUT2D eigenvalue weighted by atomic mass is 19.1. The molecular formula is C17H12F2N4O. The van der Waals surface area contributed by atoms with E-state index < -0.39 is 17.6 Å². The number of hydrogen-bond donors (Lipinski definition) is 1. The number of imidazole rings is 1. The van der Waals surface area contributed by atoms with E-state index >= 15 is 0 Å². The Hall–Kier alpha value is -3.09. The quantitative estimate of drug-likeness (QED) is 0.787. The smallest absolute Gasteiger partial charge is 0.226 e. The van der Waals surface area contributed by atoms with Crippen LogP contribution >= 0.6 is 0 Å². The van der Waals surface area contributed by atoms with Gasteiger partial charge in [0.25, 0.3) is 0 Å². The maximum Gasteiger partial charge on any atom is 0.226 e. The van der Waals surface area contributed by atoms with Crippen molar-refractivity contribution < 1.29 is 13.6 Å². The standard InChI is InChI=1S/C17H12F2N4O/c18-12-4-1-5-13(19)15(12)11-7-14(24)22-17-16(11)21-9-23(17)10-3-2-6-20-8-10/h1-6,8-9,11H,7H2,(H,22,24). The van der Waals surface area contributed by atoms with Crippen molar-refractivity contribution in [3.63, 3.8) is 0 Å². The maximum absolute atomic E-state index is 14.2. The number of carbonyl (C=O) groups excluding carboxylic acids is 1. The van der Waals surface area contributed by atoms with E-state index in [0.717, 1.165) is 0 Å². The number of carbonyl (C=O) groups is 1. The molecule has 1 N–H and O–H groups in total. The van der Waals surface area contributed by atoms with Crippen LogP contribution in [0.15, 0.2) is 49.1 Å². The van der Waals surface area contributed by atoms with Crippen LogP contribution in [0.2, 0.25) is 0 Å². The van der Waals surface area contributed by atoms with Crippen molar-refractivity contribution in [2.24, 2.45) is 0 Å². The number of amides is 1. The zero-order valence-corrected chi connectivity index (χ0v) is 12.4. The predicted octanol–water partition coefficient (Wildman–Crippen LogP) is 3.02. The zero-order chi connectivity index (χ0) is 16.7. The second kappa shape index (κ2) is 5.52. The van der Waals surface area contributed by atoms with Gasteiger partial charge in [-0.2, -0.15) is 0 Å². The largest absolute Gasteiger partial charge is 0.310 e. The van der Waals surface area contributed by atoms with Crippen molar-refractivity contribution >= 4 is 11.7 Å². The lowest BCUT2D eigenvalue weighted by Gasteiger charge is -2.23. The van der Waals surface area contributed by atoms with Gasteiger partial charge in [-0.3, -0.25) is 14.3 Å². The Morgan fingerprint density at radius 3 is 2.67 bits per heavy atom. The first kappa shape index (κ1) is 14.5. The number of halogens is 2. The minimum atomic E-state index is -0.770. The molecule has 1 unspecified atom stereocenters. The number of fused-ring (bicyclic) bond motifs is 1. The summed E-state index contributed by atoms with van der Waals surface area (Å²) < 4.78 is 30.0. The first-order valence-electron chi connectivity index (χ1n) is 7.36. The molecule has 24 heavy (non-hydrogen) atoms. The van der Waals surface area contributed by atoms with Crippen LogP contribution in [-0.4, -0.2) is 20.4 Å². The molecule has 1 aliphatic heterocycles. The number of benzene rings is 1. The average molecular weight is 326 g/mol. The van der Waals surface area contributed by atoms with E-state index in [0.29, 0.717) is 17.2 Å². The van der Waals surface area contributed by atoms with Crippen molar-refractivity contribution in [2.45, 2.75) is 12.3 Å². The van der Waals surface area contributed by atoms with Gasteiger partial charge in [0.05, 0.1) is 17.6 Å². The molecule has 0 saturated carbocycles. The highest BCUT2D eigenvalue weighted by molar-refractivity contribution is 5.94. The first-order chi connectivity index (χ1) is 11.6. The fourth-order valence-corrected chi connectivity index (χ4v) is 2.98. The number of pyridine rings is 1. The van der Waals surface area contributed by atoms with Gasteiger partial charge in [-0.25, -0.2) is 13.8 Å². The molecule has 1 amide bonds. The Bertz CT molecular complexity index is 903. The molecule has 7 heteroatoms. The normalized spacial score (nSPS) is 16.6. The molecule has 120 valence electrons. The lowest BCUT2D eigenvalue weighted by atomic mass is 9.89. The predicted molar refractivity (Wildman–Crippen MR) is 82.8 cm³/mol. The summed E-state index contributed by atoms with van der Waals surface area (Å²) >= 11 is 0. The third kappa shape index (κ3) is 2.25. The highest BCUT2D eigenvalue weighted by Gasteiger charge is 2.34. The molecule has 0 saturated heterocycles. The number of nitrogens with one attached hydrogen (secondary N) is 1. The van der Waals surface area contributed by atoms with E-state index in [1.807, 2.05) is 0 Å². The highest BCUT2D eigenvalue weighted by Crippen LogP contribution is 2.39. The van der Waals surface area contributed by atoms with Crippen LogP contribution in [0.4, 0.5) is 14.6 Å². The fraction of sp³-hybridized carbons (Fsp3) is 0.118. The van der Waals surface area contributed by atoms with E-state index in [-0.39, 0.29) is 17.9 Å². The maximum atomic E-state index is 14.2. The molecule has 1 atom stereocenters. The van der Waals surface area contributed by atoms with Crippen molar-refractivity contribution in [3.8, 4) is 5.69 Å². The Morgan fingerprint density at radius 2 is 1.96 bits per heavy atom. The van der Waals surface area contributed by atoms with Gasteiger partial charge in [0.2, 0.25) is 5.91 Å². The topological polar surface area (TPSA) is 59.8 Å². The van der Waals surface area contributed by atoms with Gasteiger partial charge >= 0.3 is 0 Å². The Kier molecular flexibility index (Phi) is 3.34. The number of rotatable bonds is 2. The van der Waals surface area contributed by atoms with Crippen molar-refractivity contribution in [2.75, 3.05) is 5.32 Å². The third-order valence-corrected chi connectivity index (χ3v) is 4.05. The van der Waals surface area contributed by atoms with Gasteiger partial charge in [-0.05, 0) is 24.3 Å². The second-order valence-corrected chi connectivity index (χ2v) is 5.50. The van der Waals surface area contributed by atoms with Gasteiger partial charge in [-0.1, -0.05) is 6.07 Å². The Labute approximate surface area is 136 Å². The summed E-state index contributed by atoms with van der Waals surface area (Å²) in [6, 6.07) is 7.21. The third-order valence-electron chi connectivity index (χ3n) is 4.05. The minimum Gasteiger partial charge on any atom is -0.310 e. The molecule has 0 bridgehead atoms.